The van der Waals surface area contributed by atoms with Gasteiger partial charge in [-0.15, -0.1) is 0 Å². The van der Waals surface area contributed by atoms with E-state index in [4.69, 9.17) is 11.6 Å². The molecule has 0 fully saturated rings. The van der Waals surface area contributed by atoms with Crippen LogP contribution in [0.5, 0.6) is 0 Å². The lowest BCUT2D eigenvalue weighted by atomic mass is 10.2. The van der Waals surface area contributed by atoms with Crippen molar-refractivity contribution in [2.75, 3.05) is 46.2 Å². The molecule has 0 bridgehead atoms. The molecule has 0 saturated heterocycles. The molecule has 0 radical (unpaired) electrons. The van der Waals surface area contributed by atoms with E-state index in [9.17, 15) is 0 Å². The number of nitrogens with one attached hydrogen (secondary N) is 1. The number of benzene rings is 1. The van der Waals surface area contributed by atoms with E-state index in [1.54, 1.807) is 0 Å². The summed E-state index contributed by atoms with van der Waals surface area (Å²) in [6.07, 6.45) is 1.14. The average molecular weight is 270 g/mol. The lowest BCUT2D eigenvalue weighted by molar-refractivity contribution is 0.401. The summed E-state index contributed by atoms with van der Waals surface area (Å²) in [7, 11) is 8.23. The fourth-order valence-electron chi connectivity index (χ4n) is 1.92. The molecule has 0 aromatic heterocycles. The Hall–Kier alpha value is -0.770. The maximum Gasteiger partial charge on any atom is 0.0642 e. The second-order valence-corrected chi connectivity index (χ2v) is 5.30. The van der Waals surface area contributed by atoms with Crippen molar-refractivity contribution in [1.29, 1.82) is 0 Å². The average Bonchev–Trinajstić information content (AvgIpc) is 2.28. The molecule has 0 amide bonds. The molecule has 0 heterocycles. The summed E-state index contributed by atoms with van der Waals surface area (Å²) in [4.78, 5) is 4.42. The van der Waals surface area contributed by atoms with E-state index in [0.717, 1.165) is 36.8 Å². The highest BCUT2D eigenvalue weighted by Gasteiger charge is 2.06. The molecule has 102 valence electrons. The molecule has 0 saturated carbocycles. The number of rotatable bonds is 7. The Morgan fingerprint density at radius 3 is 2.44 bits per heavy atom. The van der Waals surface area contributed by atoms with Crippen LogP contribution in [0.25, 0.3) is 0 Å². The molecule has 4 heteroatoms. The molecular weight excluding hydrogens is 246 g/mol. The minimum Gasteiger partial charge on any atom is -0.373 e. The quantitative estimate of drug-likeness (QED) is 0.820. The fourth-order valence-corrected chi connectivity index (χ4v) is 2.27. The molecule has 0 aliphatic heterocycles. The number of halogens is 1. The lowest BCUT2D eigenvalue weighted by Gasteiger charge is -2.22. The molecule has 1 aromatic carbocycles. The third-order valence-electron chi connectivity index (χ3n) is 2.90. The molecule has 3 nitrogen and oxygen atoms in total. The van der Waals surface area contributed by atoms with Crippen LogP contribution in [-0.4, -0.2) is 46.2 Å². The van der Waals surface area contributed by atoms with Crippen molar-refractivity contribution in [3.63, 3.8) is 0 Å². The summed E-state index contributed by atoms with van der Waals surface area (Å²) < 4.78 is 0. The zero-order valence-corrected chi connectivity index (χ0v) is 12.6. The summed E-state index contributed by atoms with van der Waals surface area (Å²) >= 11 is 6.32. The van der Waals surface area contributed by atoms with Gasteiger partial charge < -0.3 is 15.1 Å². The minimum atomic E-state index is 0.829. The van der Waals surface area contributed by atoms with Gasteiger partial charge in [0, 0.05) is 20.1 Å². The van der Waals surface area contributed by atoms with Gasteiger partial charge in [-0.3, -0.25) is 0 Å². The SMILES string of the molecule is CNCc1ccc(N(C)CCCN(C)C)c(Cl)c1. The summed E-state index contributed by atoms with van der Waals surface area (Å²) in [6, 6.07) is 6.26. The third-order valence-corrected chi connectivity index (χ3v) is 3.21. The molecule has 1 rings (SSSR count). The highest BCUT2D eigenvalue weighted by atomic mass is 35.5. The third kappa shape index (κ3) is 4.84. The largest absolute Gasteiger partial charge is 0.373 e. The molecule has 1 aromatic rings. The second-order valence-electron chi connectivity index (χ2n) is 4.89. The van der Waals surface area contributed by atoms with Crippen molar-refractivity contribution >= 4 is 17.3 Å². The van der Waals surface area contributed by atoms with E-state index in [2.05, 4.69) is 48.4 Å². The van der Waals surface area contributed by atoms with Gasteiger partial charge in [0.25, 0.3) is 0 Å². The minimum absolute atomic E-state index is 0.829. The Balaban J connectivity index is 2.59. The molecule has 0 unspecified atom stereocenters. The van der Waals surface area contributed by atoms with Crippen LogP contribution in [0.2, 0.25) is 5.02 Å². The number of hydrogen-bond donors (Lipinski definition) is 1. The Bertz CT molecular complexity index is 366. The zero-order chi connectivity index (χ0) is 13.5. The zero-order valence-electron chi connectivity index (χ0n) is 11.8. The Kier molecular flexibility index (Phi) is 6.47. The molecule has 18 heavy (non-hydrogen) atoms. The Morgan fingerprint density at radius 2 is 1.89 bits per heavy atom. The second kappa shape index (κ2) is 7.62. The normalized spacial score (nSPS) is 11.0. The fraction of sp³-hybridized carbons (Fsp3) is 0.571. The van der Waals surface area contributed by atoms with E-state index in [1.807, 2.05) is 13.1 Å². The van der Waals surface area contributed by atoms with Crippen molar-refractivity contribution in [2.45, 2.75) is 13.0 Å². The molecule has 0 aliphatic rings. The van der Waals surface area contributed by atoms with Crippen LogP contribution >= 0.6 is 11.6 Å². The van der Waals surface area contributed by atoms with Crippen molar-refractivity contribution in [3.8, 4) is 0 Å². The van der Waals surface area contributed by atoms with Crippen LogP contribution in [0.15, 0.2) is 18.2 Å². The summed E-state index contributed by atoms with van der Waals surface area (Å²) in [5, 5.41) is 3.96. The van der Waals surface area contributed by atoms with Crippen LogP contribution in [0.4, 0.5) is 5.69 Å². The smallest absolute Gasteiger partial charge is 0.0642 e. The first-order valence-corrected chi connectivity index (χ1v) is 6.71. The Morgan fingerprint density at radius 1 is 1.17 bits per heavy atom. The number of nitrogens with zero attached hydrogens (tertiary/aromatic N) is 2. The number of anilines is 1. The summed E-state index contributed by atoms with van der Waals surface area (Å²) in [5.41, 5.74) is 2.32. The van der Waals surface area contributed by atoms with E-state index >= 15 is 0 Å². The van der Waals surface area contributed by atoms with Gasteiger partial charge in [0.1, 0.15) is 0 Å². The van der Waals surface area contributed by atoms with Gasteiger partial charge in [0.15, 0.2) is 0 Å². The van der Waals surface area contributed by atoms with Crippen LogP contribution in [0.1, 0.15) is 12.0 Å². The maximum atomic E-state index is 6.32. The van der Waals surface area contributed by atoms with E-state index in [-0.39, 0.29) is 0 Å². The predicted octanol–water partition coefficient (Wildman–Crippen LogP) is 2.45. The first-order valence-electron chi connectivity index (χ1n) is 6.33. The first-order chi connectivity index (χ1) is 8.54. The van der Waals surface area contributed by atoms with Crippen molar-refractivity contribution in [2.24, 2.45) is 0 Å². The van der Waals surface area contributed by atoms with Crippen molar-refractivity contribution < 1.29 is 0 Å². The van der Waals surface area contributed by atoms with Crippen LogP contribution in [0.3, 0.4) is 0 Å². The molecule has 0 atom stereocenters. The van der Waals surface area contributed by atoms with Crippen LogP contribution in [0, 0.1) is 0 Å². The number of hydrogen-bond acceptors (Lipinski definition) is 3. The van der Waals surface area contributed by atoms with E-state index in [0.29, 0.717) is 0 Å². The van der Waals surface area contributed by atoms with Gasteiger partial charge in [-0.1, -0.05) is 17.7 Å². The highest BCUT2D eigenvalue weighted by molar-refractivity contribution is 6.33. The van der Waals surface area contributed by atoms with E-state index < -0.39 is 0 Å². The Labute approximate surface area is 116 Å². The maximum absolute atomic E-state index is 6.32. The lowest BCUT2D eigenvalue weighted by Crippen LogP contribution is -2.23. The first kappa shape index (κ1) is 15.3. The van der Waals surface area contributed by atoms with Gasteiger partial charge in [-0.05, 0) is 51.8 Å². The summed E-state index contributed by atoms with van der Waals surface area (Å²) in [6.45, 7) is 2.97. The van der Waals surface area contributed by atoms with Gasteiger partial charge in [-0.2, -0.15) is 0 Å². The molecule has 0 aliphatic carbocycles. The van der Waals surface area contributed by atoms with Crippen LogP contribution in [-0.2, 0) is 6.54 Å². The predicted molar refractivity (Wildman–Crippen MR) is 80.7 cm³/mol. The standard InChI is InChI=1S/C14H24ClN3/c1-16-11-12-6-7-14(13(15)10-12)18(4)9-5-8-17(2)3/h6-7,10,16H,5,8-9,11H2,1-4H3. The molecular formula is C14H24ClN3. The van der Waals surface area contributed by atoms with Crippen molar-refractivity contribution in [1.82, 2.24) is 10.2 Å². The van der Waals surface area contributed by atoms with Gasteiger partial charge in [-0.25, -0.2) is 0 Å². The molecule has 0 spiro atoms. The summed E-state index contributed by atoms with van der Waals surface area (Å²) in [5.74, 6) is 0. The van der Waals surface area contributed by atoms with Crippen LogP contribution < -0.4 is 10.2 Å². The van der Waals surface area contributed by atoms with E-state index in [1.165, 1.54) is 5.56 Å². The highest BCUT2D eigenvalue weighted by Crippen LogP contribution is 2.26. The topological polar surface area (TPSA) is 18.5 Å². The van der Waals surface area contributed by atoms with Gasteiger partial charge in [0.05, 0.1) is 10.7 Å². The monoisotopic (exact) mass is 269 g/mol. The van der Waals surface area contributed by atoms with Gasteiger partial charge in [0.2, 0.25) is 0 Å². The van der Waals surface area contributed by atoms with Gasteiger partial charge >= 0.3 is 0 Å². The van der Waals surface area contributed by atoms with Crippen molar-refractivity contribution in [3.05, 3.63) is 28.8 Å². The molecule has 1 N–H and O–H groups in total.